The highest BCUT2D eigenvalue weighted by molar-refractivity contribution is 7.89. The largest absolute Gasteiger partial charge is 0.485 e. The van der Waals surface area contributed by atoms with E-state index in [0.29, 0.717) is 30.9 Å². The van der Waals surface area contributed by atoms with Gasteiger partial charge in [0, 0.05) is 37.2 Å². The Morgan fingerprint density at radius 2 is 1.88 bits per heavy atom. The molecule has 34 heavy (non-hydrogen) atoms. The number of hydrogen-bond acceptors (Lipinski definition) is 7. The zero-order valence-electron chi connectivity index (χ0n) is 18.8. The highest BCUT2D eigenvalue weighted by Gasteiger charge is 2.29. The van der Waals surface area contributed by atoms with Crippen molar-refractivity contribution in [1.29, 1.82) is 0 Å². The predicted octanol–water partition coefficient (Wildman–Crippen LogP) is 2.89. The number of nitrogens with one attached hydrogen (secondary N) is 1. The van der Waals surface area contributed by atoms with E-state index in [4.69, 9.17) is 9.47 Å². The Morgan fingerprint density at radius 1 is 1.12 bits per heavy atom. The molecule has 0 unspecified atom stereocenters. The summed E-state index contributed by atoms with van der Waals surface area (Å²) in [6.07, 6.45) is 5.41. The molecule has 0 aliphatic carbocycles. The second kappa shape index (κ2) is 10.7. The lowest BCUT2D eigenvalue weighted by molar-refractivity contribution is 0.0730. The molecule has 10 heteroatoms. The summed E-state index contributed by atoms with van der Waals surface area (Å²) in [5, 5.41) is 2.74. The maximum absolute atomic E-state index is 13.3. The van der Waals surface area contributed by atoms with Gasteiger partial charge in [-0.05, 0) is 53.9 Å². The Morgan fingerprint density at radius 3 is 2.62 bits per heavy atom. The molecule has 1 aliphatic rings. The number of nitrogens with zero attached hydrogens (tertiary/aromatic N) is 3. The number of aryl methyl sites for hydroxylation is 1. The predicted molar refractivity (Wildman–Crippen MR) is 126 cm³/mol. The molecule has 3 aromatic rings. The van der Waals surface area contributed by atoms with Crippen molar-refractivity contribution in [3.63, 3.8) is 0 Å². The number of hydrogen-bond donors (Lipinski definition) is 1. The molecule has 2 aromatic heterocycles. The van der Waals surface area contributed by atoms with Gasteiger partial charge in [-0.3, -0.25) is 9.78 Å². The molecule has 1 amide bonds. The fraction of sp³-hybridized carbons (Fsp3) is 0.292. The number of ether oxygens (including phenoxy) is 2. The summed E-state index contributed by atoms with van der Waals surface area (Å²) in [6.45, 7) is 3.44. The van der Waals surface area contributed by atoms with Crippen molar-refractivity contribution >= 4 is 21.7 Å². The van der Waals surface area contributed by atoms with Gasteiger partial charge in [0.25, 0.3) is 5.91 Å². The average Bonchev–Trinajstić information content (AvgIpc) is 2.89. The minimum atomic E-state index is -3.75. The molecule has 3 heterocycles. The van der Waals surface area contributed by atoms with Gasteiger partial charge in [0.2, 0.25) is 10.0 Å². The van der Waals surface area contributed by atoms with Gasteiger partial charge in [-0.2, -0.15) is 4.31 Å². The van der Waals surface area contributed by atoms with Gasteiger partial charge in [-0.1, -0.05) is 13.0 Å². The molecule has 0 spiro atoms. The average molecular weight is 483 g/mol. The van der Waals surface area contributed by atoms with Crippen molar-refractivity contribution in [2.45, 2.75) is 24.8 Å². The second-order valence-electron chi connectivity index (χ2n) is 7.64. The minimum absolute atomic E-state index is 0.139. The van der Waals surface area contributed by atoms with Crippen LogP contribution in [0.3, 0.4) is 0 Å². The van der Waals surface area contributed by atoms with Crippen molar-refractivity contribution in [1.82, 2.24) is 14.3 Å². The van der Waals surface area contributed by atoms with Crippen LogP contribution in [0.1, 0.15) is 28.4 Å². The SMILES string of the molecule is CCc1ccc(C(=O)Nc2ncccc2OCc2ccncc2)cc1S(=O)(=O)N1CCOCC1. The van der Waals surface area contributed by atoms with Crippen molar-refractivity contribution in [3.05, 3.63) is 77.7 Å². The topological polar surface area (TPSA) is 111 Å². The third kappa shape index (κ3) is 5.41. The number of amides is 1. The first-order valence-electron chi connectivity index (χ1n) is 11.0. The number of carbonyl (C=O) groups is 1. The number of carbonyl (C=O) groups excluding carboxylic acids is 1. The van der Waals surface area contributed by atoms with Crippen LogP contribution < -0.4 is 10.1 Å². The van der Waals surface area contributed by atoms with Gasteiger partial charge in [0.15, 0.2) is 11.6 Å². The van der Waals surface area contributed by atoms with Crippen LogP contribution in [0.25, 0.3) is 0 Å². The molecule has 178 valence electrons. The maximum atomic E-state index is 13.3. The van der Waals surface area contributed by atoms with Gasteiger partial charge in [0.1, 0.15) is 6.61 Å². The molecular formula is C24H26N4O5S. The van der Waals surface area contributed by atoms with Crippen LogP contribution >= 0.6 is 0 Å². The Balaban J connectivity index is 1.55. The number of morpholine rings is 1. The molecule has 0 radical (unpaired) electrons. The summed E-state index contributed by atoms with van der Waals surface area (Å²) in [5.41, 5.74) is 1.79. The number of pyridine rings is 2. The zero-order chi connectivity index (χ0) is 24.0. The molecule has 0 bridgehead atoms. The van der Waals surface area contributed by atoms with Gasteiger partial charge < -0.3 is 14.8 Å². The molecule has 9 nitrogen and oxygen atoms in total. The number of aromatic nitrogens is 2. The smallest absolute Gasteiger partial charge is 0.256 e. The standard InChI is InChI=1S/C24H26N4O5S/c1-2-19-5-6-20(16-22(19)34(30,31)28-12-14-32-15-13-28)24(29)27-23-21(4-3-9-26-23)33-17-18-7-10-25-11-8-18/h3-11,16H,2,12-15,17H2,1H3,(H,26,27,29). The summed E-state index contributed by atoms with van der Waals surface area (Å²) >= 11 is 0. The zero-order valence-corrected chi connectivity index (χ0v) is 19.6. The first-order chi connectivity index (χ1) is 16.5. The molecule has 1 aromatic carbocycles. The Kier molecular flexibility index (Phi) is 7.51. The lowest BCUT2D eigenvalue weighted by atomic mass is 10.1. The summed E-state index contributed by atoms with van der Waals surface area (Å²) in [6, 6.07) is 11.8. The lowest BCUT2D eigenvalue weighted by Gasteiger charge is -2.27. The molecule has 1 N–H and O–H groups in total. The summed E-state index contributed by atoms with van der Waals surface area (Å²) in [7, 11) is -3.75. The highest BCUT2D eigenvalue weighted by Crippen LogP contribution is 2.26. The third-order valence-electron chi connectivity index (χ3n) is 5.44. The van der Waals surface area contributed by atoms with Gasteiger partial charge in [-0.15, -0.1) is 0 Å². The highest BCUT2D eigenvalue weighted by atomic mass is 32.2. The third-order valence-corrected chi connectivity index (χ3v) is 7.43. The minimum Gasteiger partial charge on any atom is -0.485 e. The van der Waals surface area contributed by atoms with E-state index in [-0.39, 0.29) is 36.0 Å². The van der Waals surface area contributed by atoms with E-state index in [9.17, 15) is 13.2 Å². The van der Waals surface area contributed by atoms with Gasteiger partial charge in [-0.25, -0.2) is 13.4 Å². The molecule has 0 saturated carbocycles. The van der Waals surface area contributed by atoms with E-state index in [1.54, 1.807) is 42.9 Å². The van der Waals surface area contributed by atoms with Crippen LogP contribution in [0, 0.1) is 0 Å². The fourth-order valence-corrected chi connectivity index (χ4v) is 5.30. The van der Waals surface area contributed by atoms with E-state index in [1.807, 2.05) is 19.1 Å². The van der Waals surface area contributed by atoms with Crippen LogP contribution in [0.15, 0.2) is 66.0 Å². The second-order valence-corrected chi connectivity index (χ2v) is 9.55. The molecule has 0 atom stereocenters. The number of anilines is 1. The van der Waals surface area contributed by atoms with Crippen LogP contribution in [-0.2, 0) is 27.8 Å². The molecule has 1 fully saturated rings. The molecular weight excluding hydrogens is 456 g/mol. The van der Waals surface area contributed by atoms with Crippen LogP contribution in [0.2, 0.25) is 0 Å². The Labute approximate surface area is 198 Å². The summed E-state index contributed by atoms with van der Waals surface area (Å²) < 4.78 is 39.1. The van der Waals surface area contributed by atoms with Gasteiger partial charge in [0.05, 0.1) is 18.1 Å². The van der Waals surface area contributed by atoms with E-state index < -0.39 is 15.9 Å². The van der Waals surface area contributed by atoms with E-state index in [2.05, 4.69) is 15.3 Å². The van der Waals surface area contributed by atoms with Crippen LogP contribution in [0.4, 0.5) is 5.82 Å². The van der Waals surface area contributed by atoms with Crippen molar-refractivity contribution < 1.29 is 22.7 Å². The first-order valence-corrected chi connectivity index (χ1v) is 12.4. The van der Waals surface area contributed by atoms with Crippen molar-refractivity contribution in [2.24, 2.45) is 0 Å². The summed E-state index contributed by atoms with van der Waals surface area (Å²) in [4.78, 5) is 21.4. The number of rotatable bonds is 8. The van der Waals surface area contributed by atoms with Crippen molar-refractivity contribution in [2.75, 3.05) is 31.6 Å². The molecule has 1 saturated heterocycles. The number of sulfonamides is 1. The maximum Gasteiger partial charge on any atom is 0.256 e. The normalized spacial score (nSPS) is 14.5. The van der Waals surface area contributed by atoms with E-state index in [0.717, 1.165) is 5.56 Å². The quantitative estimate of drug-likeness (QED) is 0.526. The van der Waals surface area contributed by atoms with E-state index in [1.165, 1.54) is 10.4 Å². The first kappa shape index (κ1) is 23.8. The Hall–Kier alpha value is -3.34. The monoisotopic (exact) mass is 482 g/mol. The molecule has 4 rings (SSSR count). The van der Waals surface area contributed by atoms with Crippen LogP contribution in [-0.4, -0.2) is 54.9 Å². The van der Waals surface area contributed by atoms with E-state index >= 15 is 0 Å². The number of benzene rings is 1. The van der Waals surface area contributed by atoms with Crippen LogP contribution in [0.5, 0.6) is 5.75 Å². The molecule has 1 aliphatic heterocycles. The summed E-state index contributed by atoms with van der Waals surface area (Å²) in [5.74, 6) is 0.172. The fourth-order valence-electron chi connectivity index (χ4n) is 3.57. The van der Waals surface area contributed by atoms with Crippen molar-refractivity contribution in [3.8, 4) is 5.75 Å². The Bertz CT molecular complexity index is 1250. The lowest BCUT2D eigenvalue weighted by Crippen LogP contribution is -2.41. The van der Waals surface area contributed by atoms with Gasteiger partial charge >= 0.3 is 0 Å².